The van der Waals surface area contributed by atoms with Crippen molar-refractivity contribution in [1.29, 1.82) is 0 Å². The van der Waals surface area contributed by atoms with Gasteiger partial charge in [-0.3, -0.25) is 0 Å². The van der Waals surface area contributed by atoms with Crippen molar-refractivity contribution in [3.05, 3.63) is 59.2 Å². The number of rotatable bonds is 5. The molecule has 0 aromatic heterocycles. The summed E-state index contributed by atoms with van der Waals surface area (Å²) in [6, 6.07) is 8.98. The first-order valence-electron chi connectivity index (χ1n) is 6.52. The summed E-state index contributed by atoms with van der Waals surface area (Å²) in [6.07, 6.45) is 0. The van der Waals surface area contributed by atoms with Gasteiger partial charge in [-0.05, 0) is 19.1 Å². The fourth-order valence-electron chi connectivity index (χ4n) is 1.96. The maximum absolute atomic E-state index is 13.6. The minimum atomic E-state index is -0.900. The van der Waals surface area contributed by atoms with Crippen LogP contribution < -0.4 is 15.2 Å². The molecule has 0 aliphatic heterocycles. The van der Waals surface area contributed by atoms with Gasteiger partial charge in [0.15, 0.2) is 11.6 Å². The van der Waals surface area contributed by atoms with E-state index in [1.165, 1.54) is 19.2 Å². The molecule has 2 N–H and O–H groups in total. The van der Waals surface area contributed by atoms with E-state index in [1.54, 1.807) is 18.2 Å². The molecule has 0 unspecified atom stereocenters. The number of methoxy groups -OCH3 is 1. The molecule has 0 saturated carbocycles. The minimum Gasteiger partial charge on any atom is -0.497 e. The molecule has 0 radical (unpaired) electrons. The molecule has 0 aliphatic carbocycles. The summed E-state index contributed by atoms with van der Waals surface area (Å²) in [4.78, 5) is 0. The highest BCUT2D eigenvalue weighted by atomic mass is 19.2. The molecule has 1 atom stereocenters. The Bertz CT molecular complexity index is 630. The summed E-state index contributed by atoms with van der Waals surface area (Å²) in [5.41, 5.74) is 6.79. The van der Waals surface area contributed by atoms with E-state index in [4.69, 9.17) is 15.2 Å². The predicted octanol–water partition coefficient (Wildman–Crippen LogP) is 3.57. The number of hydrogen-bond acceptors (Lipinski definition) is 3. The second-order valence-corrected chi connectivity index (χ2v) is 4.69. The highest BCUT2D eigenvalue weighted by Crippen LogP contribution is 2.29. The van der Waals surface area contributed by atoms with E-state index >= 15 is 0 Å². The summed E-state index contributed by atoms with van der Waals surface area (Å²) in [5.74, 6) is -0.695. The van der Waals surface area contributed by atoms with E-state index in [0.29, 0.717) is 11.5 Å². The molecular weight excluding hydrogens is 276 g/mol. The first kappa shape index (κ1) is 15.3. The van der Waals surface area contributed by atoms with Gasteiger partial charge < -0.3 is 15.2 Å². The molecule has 2 rings (SSSR count). The molecule has 2 aromatic rings. The smallest absolute Gasteiger partial charge is 0.165 e. The van der Waals surface area contributed by atoms with Crippen molar-refractivity contribution >= 4 is 0 Å². The Morgan fingerprint density at radius 1 is 1.19 bits per heavy atom. The van der Waals surface area contributed by atoms with Crippen LogP contribution in [0.15, 0.2) is 36.4 Å². The van der Waals surface area contributed by atoms with E-state index in [2.05, 4.69) is 0 Å². The lowest BCUT2D eigenvalue weighted by Gasteiger charge is -2.15. The normalized spacial score (nSPS) is 12.0. The number of halogens is 2. The van der Waals surface area contributed by atoms with Crippen LogP contribution in [0.1, 0.15) is 24.1 Å². The van der Waals surface area contributed by atoms with Gasteiger partial charge in [0.25, 0.3) is 0 Å². The van der Waals surface area contributed by atoms with Crippen molar-refractivity contribution < 1.29 is 18.3 Å². The fourth-order valence-corrected chi connectivity index (χ4v) is 1.96. The van der Waals surface area contributed by atoms with Crippen molar-refractivity contribution in [2.45, 2.75) is 19.6 Å². The van der Waals surface area contributed by atoms with Crippen LogP contribution >= 0.6 is 0 Å². The van der Waals surface area contributed by atoms with Crippen LogP contribution in [0.2, 0.25) is 0 Å². The topological polar surface area (TPSA) is 44.5 Å². The van der Waals surface area contributed by atoms with Gasteiger partial charge in [0.05, 0.1) is 7.11 Å². The van der Waals surface area contributed by atoms with E-state index in [0.717, 1.165) is 11.6 Å². The monoisotopic (exact) mass is 293 g/mol. The van der Waals surface area contributed by atoms with Crippen molar-refractivity contribution in [3.63, 3.8) is 0 Å². The molecule has 2 aromatic carbocycles. The van der Waals surface area contributed by atoms with Crippen molar-refractivity contribution in [2.24, 2.45) is 5.73 Å². The molecule has 3 nitrogen and oxygen atoms in total. The minimum absolute atomic E-state index is 0.0868. The number of benzene rings is 2. The molecule has 0 fully saturated rings. The molecule has 5 heteroatoms. The lowest BCUT2D eigenvalue weighted by molar-refractivity contribution is 0.290. The zero-order valence-electron chi connectivity index (χ0n) is 11.9. The molecule has 0 saturated heterocycles. The Labute approximate surface area is 122 Å². The third kappa shape index (κ3) is 3.49. The largest absolute Gasteiger partial charge is 0.497 e. The Balaban J connectivity index is 2.24. The van der Waals surface area contributed by atoms with Crippen LogP contribution in [-0.4, -0.2) is 7.11 Å². The molecular formula is C16H17F2NO2. The molecule has 0 aliphatic rings. The summed E-state index contributed by atoms with van der Waals surface area (Å²) in [7, 11) is 1.54. The van der Waals surface area contributed by atoms with Crippen molar-refractivity contribution in [2.75, 3.05) is 7.11 Å². The van der Waals surface area contributed by atoms with Gasteiger partial charge in [-0.25, -0.2) is 8.78 Å². The van der Waals surface area contributed by atoms with Crippen molar-refractivity contribution in [1.82, 2.24) is 0 Å². The third-order valence-corrected chi connectivity index (χ3v) is 3.13. The van der Waals surface area contributed by atoms with Crippen LogP contribution in [0.4, 0.5) is 8.78 Å². The van der Waals surface area contributed by atoms with Gasteiger partial charge in [0.1, 0.15) is 18.1 Å². The summed E-state index contributed by atoms with van der Waals surface area (Å²) >= 11 is 0. The quantitative estimate of drug-likeness (QED) is 0.916. The maximum atomic E-state index is 13.6. The number of nitrogens with two attached hydrogens (primary N) is 1. The Kier molecular flexibility index (Phi) is 4.75. The van der Waals surface area contributed by atoms with Gasteiger partial charge in [0.2, 0.25) is 0 Å². The van der Waals surface area contributed by atoms with E-state index < -0.39 is 11.6 Å². The number of ether oxygens (including phenoxy) is 2. The third-order valence-electron chi connectivity index (χ3n) is 3.13. The van der Waals surface area contributed by atoms with Crippen molar-refractivity contribution in [3.8, 4) is 11.5 Å². The lowest BCUT2D eigenvalue weighted by atomic mass is 10.1. The van der Waals surface area contributed by atoms with Gasteiger partial charge in [-0.15, -0.1) is 0 Å². The van der Waals surface area contributed by atoms with Crippen LogP contribution in [0, 0.1) is 11.6 Å². The molecule has 0 spiro atoms. The SMILES string of the molecule is COc1ccc([C@@H](C)N)c(OCc2cccc(F)c2F)c1. The Morgan fingerprint density at radius 3 is 2.62 bits per heavy atom. The summed E-state index contributed by atoms with van der Waals surface area (Å²) in [6.45, 7) is 1.73. The van der Waals surface area contributed by atoms with E-state index in [1.807, 2.05) is 6.92 Å². The predicted molar refractivity (Wildman–Crippen MR) is 76.3 cm³/mol. The highest BCUT2D eigenvalue weighted by Gasteiger charge is 2.12. The Hall–Kier alpha value is -2.14. The first-order chi connectivity index (χ1) is 10.0. The number of hydrogen-bond donors (Lipinski definition) is 1. The average molecular weight is 293 g/mol. The summed E-state index contributed by atoms with van der Waals surface area (Å²) in [5, 5.41) is 0. The second-order valence-electron chi connectivity index (χ2n) is 4.69. The fraction of sp³-hybridized carbons (Fsp3) is 0.250. The van der Waals surface area contributed by atoms with Crippen LogP contribution in [0.5, 0.6) is 11.5 Å². The maximum Gasteiger partial charge on any atom is 0.165 e. The van der Waals surface area contributed by atoms with E-state index in [-0.39, 0.29) is 18.2 Å². The zero-order chi connectivity index (χ0) is 15.4. The Morgan fingerprint density at radius 2 is 1.95 bits per heavy atom. The van der Waals surface area contributed by atoms with Gasteiger partial charge in [-0.2, -0.15) is 0 Å². The first-order valence-corrected chi connectivity index (χ1v) is 6.52. The zero-order valence-corrected chi connectivity index (χ0v) is 11.9. The van der Waals surface area contributed by atoms with Gasteiger partial charge >= 0.3 is 0 Å². The van der Waals surface area contributed by atoms with Gasteiger partial charge in [0, 0.05) is 23.2 Å². The van der Waals surface area contributed by atoms with Crippen LogP contribution in [-0.2, 0) is 6.61 Å². The molecule has 21 heavy (non-hydrogen) atoms. The molecule has 112 valence electrons. The summed E-state index contributed by atoms with van der Waals surface area (Å²) < 4.78 is 37.5. The average Bonchev–Trinajstić information content (AvgIpc) is 2.48. The standard InChI is InChI=1S/C16H17F2NO2/c1-10(19)13-7-6-12(20-2)8-15(13)21-9-11-4-3-5-14(17)16(11)18/h3-8,10H,9,19H2,1-2H3/t10-/m1/s1. The molecule has 0 heterocycles. The van der Waals surface area contributed by atoms with Crippen LogP contribution in [0.3, 0.4) is 0 Å². The lowest BCUT2D eigenvalue weighted by Crippen LogP contribution is -2.09. The van der Waals surface area contributed by atoms with Crippen LogP contribution in [0.25, 0.3) is 0 Å². The molecule has 0 amide bonds. The second kappa shape index (κ2) is 6.54. The highest BCUT2D eigenvalue weighted by molar-refractivity contribution is 5.42. The van der Waals surface area contributed by atoms with Gasteiger partial charge in [-0.1, -0.05) is 18.2 Å². The molecule has 0 bridgehead atoms. The van der Waals surface area contributed by atoms with E-state index in [9.17, 15) is 8.78 Å².